The number of aromatic carboxylic acids is 1. The van der Waals surface area contributed by atoms with Crippen molar-refractivity contribution in [3.05, 3.63) is 101 Å². The van der Waals surface area contributed by atoms with Gasteiger partial charge in [0.1, 0.15) is 12.4 Å². The van der Waals surface area contributed by atoms with Gasteiger partial charge in [0.15, 0.2) is 0 Å². The zero-order chi connectivity index (χ0) is 20.2. The number of carbonyl (C=O) groups is 1. The highest BCUT2D eigenvalue weighted by Crippen LogP contribution is 2.34. The smallest absolute Gasteiger partial charge is 0.335 e. The van der Waals surface area contributed by atoms with Gasteiger partial charge in [-0.15, -0.1) is 0 Å². The molecule has 5 nitrogen and oxygen atoms in total. The molecule has 1 heterocycles. The third-order valence-electron chi connectivity index (χ3n) is 4.46. The van der Waals surface area contributed by atoms with E-state index in [0.717, 1.165) is 21.3 Å². The monoisotopic (exact) mass is 448 g/mol. The highest BCUT2D eigenvalue weighted by atomic mass is 79.9. The largest absolute Gasteiger partial charge is 0.488 e. The molecule has 0 saturated carbocycles. The zero-order valence-electron chi connectivity index (χ0n) is 15.3. The van der Waals surface area contributed by atoms with E-state index in [4.69, 9.17) is 4.74 Å². The van der Waals surface area contributed by atoms with Gasteiger partial charge in [-0.3, -0.25) is 4.57 Å². The van der Waals surface area contributed by atoms with Crippen LogP contribution in [0.5, 0.6) is 5.75 Å². The Morgan fingerprint density at radius 3 is 2.66 bits per heavy atom. The van der Waals surface area contributed by atoms with Crippen LogP contribution in [0.3, 0.4) is 0 Å². The second-order valence-corrected chi connectivity index (χ2v) is 7.33. The lowest BCUT2D eigenvalue weighted by molar-refractivity contribution is 0.0697. The van der Waals surface area contributed by atoms with Gasteiger partial charge >= 0.3 is 5.97 Å². The standard InChI is InChI=1S/C23H17BrN2O3/c24-18-9-10-22(29-14-16-5-2-1-3-6-16)20(12-18)21-13-25-15-26(21)19-8-4-7-17(11-19)23(27)28/h1-13,15H,14H2,(H,27,28). The average molecular weight is 449 g/mol. The second-order valence-electron chi connectivity index (χ2n) is 6.42. The van der Waals surface area contributed by atoms with Crippen LogP contribution in [-0.4, -0.2) is 20.6 Å². The predicted octanol–water partition coefficient (Wildman–Crippen LogP) is 5.58. The molecule has 1 N–H and O–H groups in total. The Balaban J connectivity index is 1.73. The summed E-state index contributed by atoms with van der Waals surface area (Å²) in [6.45, 7) is 0.443. The Bertz CT molecular complexity index is 1160. The van der Waals surface area contributed by atoms with Crippen LogP contribution >= 0.6 is 15.9 Å². The maximum atomic E-state index is 11.3. The number of imidazole rings is 1. The van der Waals surface area contributed by atoms with Crippen LogP contribution < -0.4 is 4.74 Å². The summed E-state index contributed by atoms with van der Waals surface area (Å²) in [4.78, 5) is 15.6. The average Bonchev–Trinajstić information content (AvgIpc) is 3.23. The lowest BCUT2D eigenvalue weighted by Crippen LogP contribution is -2.02. The lowest BCUT2D eigenvalue weighted by Gasteiger charge is -2.14. The van der Waals surface area contributed by atoms with Crippen LogP contribution in [0, 0.1) is 0 Å². The highest BCUT2D eigenvalue weighted by Gasteiger charge is 2.14. The quantitative estimate of drug-likeness (QED) is 0.418. The van der Waals surface area contributed by atoms with Crippen molar-refractivity contribution in [2.24, 2.45) is 0 Å². The van der Waals surface area contributed by atoms with E-state index in [1.54, 1.807) is 30.7 Å². The summed E-state index contributed by atoms with van der Waals surface area (Å²) in [5.74, 6) is -0.254. The second kappa shape index (κ2) is 8.32. The van der Waals surface area contributed by atoms with Crippen LogP contribution in [-0.2, 0) is 6.61 Å². The molecular weight excluding hydrogens is 432 g/mol. The minimum absolute atomic E-state index is 0.219. The number of nitrogens with zero attached hydrogens (tertiary/aromatic N) is 2. The summed E-state index contributed by atoms with van der Waals surface area (Å²) < 4.78 is 8.86. The molecule has 0 fully saturated rings. The number of aromatic nitrogens is 2. The van der Waals surface area contributed by atoms with E-state index in [0.29, 0.717) is 18.0 Å². The molecule has 29 heavy (non-hydrogen) atoms. The molecule has 0 aliphatic heterocycles. The minimum Gasteiger partial charge on any atom is -0.488 e. The summed E-state index contributed by atoms with van der Waals surface area (Å²) in [7, 11) is 0. The molecule has 4 rings (SSSR count). The number of ether oxygens (including phenoxy) is 1. The predicted molar refractivity (Wildman–Crippen MR) is 114 cm³/mol. The Hall–Kier alpha value is -3.38. The van der Waals surface area contributed by atoms with Crippen molar-refractivity contribution < 1.29 is 14.6 Å². The Morgan fingerprint density at radius 2 is 1.86 bits per heavy atom. The normalized spacial score (nSPS) is 10.7. The first-order valence-electron chi connectivity index (χ1n) is 8.94. The van der Waals surface area contributed by atoms with E-state index in [2.05, 4.69) is 20.9 Å². The van der Waals surface area contributed by atoms with Crippen molar-refractivity contribution >= 4 is 21.9 Å². The number of hydrogen-bond acceptors (Lipinski definition) is 3. The van der Waals surface area contributed by atoms with Crippen LogP contribution in [0.1, 0.15) is 15.9 Å². The van der Waals surface area contributed by atoms with Gasteiger partial charge in [-0.25, -0.2) is 9.78 Å². The van der Waals surface area contributed by atoms with Crippen molar-refractivity contribution in [3.8, 4) is 22.7 Å². The van der Waals surface area contributed by atoms with Gasteiger partial charge < -0.3 is 9.84 Å². The van der Waals surface area contributed by atoms with Gasteiger partial charge in [-0.05, 0) is 42.0 Å². The van der Waals surface area contributed by atoms with Crippen molar-refractivity contribution in [3.63, 3.8) is 0 Å². The van der Waals surface area contributed by atoms with E-state index in [9.17, 15) is 9.90 Å². The van der Waals surface area contributed by atoms with E-state index < -0.39 is 5.97 Å². The van der Waals surface area contributed by atoms with E-state index in [1.165, 1.54) is 0 Å². The van der Waals surface area contributed by atoms with Gasteiger partial charge in [-0.2, -0.15) is 0 Å². The fourth-order valence-corrected chi connectivity index (χ4v) is 3.41. The number of rotatable bonds is 6. The molecule has 6 heteroatoms. The first-order valence-corrected chi connectivity index (χ1v) is 9.74. The summed E-state index contributed by atoms with van der Waals surface area (Å²) in [6.07, 6.45) is 3.41. The topological polar surface area (TPSA) is 64.3 Å². The van der Waals surface area contributed by atoms with Crippen LogP contribution in [0.2, 0.25) is 0 Å². The fraction of sp³-hybridized carbons (Fsp3) is 0.0435. The van der Waals surface area contributed by atoms with Crippen molar-refractivity contribution in [2.45, 2.75) is 6.61 Å². The maximum Gasteiger partial charge on any atom is 0.335 e. The number of halogens is 1. The third-order valence-corrected chi connectivity index (χ3v) is 4.96. The molecule has 0 atom stereocenters. The van der Waals surface area contributed by atoms with Gasteiger partial charge in [0.2, 0.25) is 0 Å². The lowest BCUT2D eigenvalue weighted by atomic mass is 10.1. The Labute approximate surface area is 176 Å². The highest BCUT2D eigenvalue weighted by molar-refractivity contribution is 9.10. The molecule has 0 spiro atoms. The zero-order valence-corrected chi connectivity index (χ0v) is 16.9. The maximum absolute atomic E-state index is 11.3. The summed E-state index contributed by atoms with van der Waals surface area (Å²) >= 11 is 3.53. The van der Waals surface area contributed by atoms with Gasteiger partial charge in [0.05, 0.1) is 23.8 Å². The molecule has 0 bridgehead atoms. The number of hydrogen-bond donors (Lipinski definition) is 1. The van der Waals surface area contributed by atoms with Crippen molar-refractivity contribution in [2.75, 3.05) is 0 Å². The molecule has 0 aliphatic carbocycles. The van der Waals surface area contributed by atoms with Crippen molar-refractivity contribution in [1.29, 1.82) is 0 Å². The molecule has 144 valence electrons. The molecule has 0 radical (unpaired) electrons. The Morgan fingerprint density at radius 1 is 1.03 bits per heavy atom. The molecule has 1 aromatic heterocycles. The number of carboxylic acids is 1. The molecular formula is C23H17BrN2O3. The van der Waals surface area contributed by atoms with Gasteiger partial charge in [0.25, 0.3) is 0 Å². The number of carboxylic acid groups (broad SMARTS) is 1. The number of benzene rings is 3. The van der Waals surface area contributed by atoms with Crippen LogP contribution in [0.25, 0.3) is 16.9 Å². The first-order chi connectivity index (χ1) is 14.1. The molecule has 0 aliphatic rings. The third kappa shape index (κ3) is 4.22. The summed E-state index contributed by atoms with van der Waals surface area (Å²) in [6, 6.07) is 22.5. The summed E-state index contributed by atoms with van der Waals surface area (Å²) in [5, 5.41) is 9.30. The van der Waals surface area contributed by atoms with E-state index in [-0.39, 0.29) is 5.56 Å². The van der Waals surface area contributed by atoms with Crippen molar-refractivity contribution in [1.82, 2.24) is 9.55 Å². The fourth-order valence-electron chi connectivity index (χ4n) is 3.05. The van der Waals surface area contributed by atoms with Gasteiger partial charge in [-0.1, -0.05) is 52.3 Å². The van der Waals surface area contributed by atoms with E-state index >= 15 is 0 Å². The first kappa shape index (κ1) is 19.0. The molecule has 4 aromatic rings. The summed E-state index contributed by atoms with van der Waals surface area (Å²) in [5.41, 5.74) is 3.66. The molecule has 0 amide bonds. The van der Waals surface area contributed by atoms with Gasteiger partial charge in [0, 0.05) is 15.7 Å². The van der Waals surface area contributed by atoms with E-state index in [1.807, 2.05) is 59.2 Å². The molecule has 0 unspecified atom stereocenters. The molecule has 0 saturated heterocycles. The van der Waals surface area contributed by atoms with Crippen LogP contribution in [0.15, 0.2) is 89.8 Å². The SMILES string of the molecule is O=C(O)c1cccc(-n2cncc2-c2cc(Br)ccc2OCc2ccccc2)c1. The minimum atomic E-state index is -0.970. The Kier molecular flexibility index (Phi) is 5.44. The van der Waals surface area contributed by atoms with Crippen LogP contribution in [0.4, 0.5) is 0 Å². The molecule has 3 aromatic carbocycles.